The summed E-state index contributed by atoms with van der Waals surface area (Å²) in [5, 5.41) is 13.6. The molecule has 0 spiro atoms. The number of likely N-dealkylation sites (tertiary alicyclic amines) is 1. The fourth-order valence-corrected chi connectivity index (χ4v) is 2.17. The Labute approximate surface area is 98.6 Å². The Hall–Kier alpha value is -1.07. The number of aromatic nitrogens is 2. The molecule has 2 rings (SSSR count). The molecule has 6 heteroatoms. The van der Waals surface area contributed by atoms with E-state index in [0.29, 0.717) is 24.8 Å². The summed E-state index contributed by atoms with van der Waals surface area (Å²) in [6.07, 6.45) is 0. The van der Waals surface area contributed by atoms with Crippen LogP contribution in [-0.4, -0.2) is 38.8 Å². The van der Waals surface area contributed by atoms with Crippen LogP contribution in [0.1, 0.15) is 11.3 Å². The van der Waals surface area contributed by atoms with E-state index in [1.807, 2.05) is 6.92 Å². The molecular weight excluding hydrogens is 230 g/mol. The van der Waals surface area contributed by atoms with Crippen molar-refractivity contribution in [2.24, 2.45) is 13.0 Å². The van der Waals surface area contributed by atoms with Crippen molar-refractivity contribution in [3.05, 3.63) is 16.4 Å². The molecule has 0 radical (unpaired) electrons. The summed E-state index contributed by atoms with van der Waals surface area (Å²) in [5.74, 6) is -0.944. The first kappa shape index (κ1) is 11.4. The van der Waals surface area contributed by atoms with Crippen LogP contribution in [-0.2, 0) is 18.4 Å². The Morgan fingerprint density at radius 2 is 2.25 bits per heavy atom. The first-order valence-corrected chi connectivity index (χ1v) is 5.50. The molecule has 0 amide bonds. The molecule has 1 aromatic rings. The van der Waals surface area contributed by atoms with Crippen LogP contribution in [0.4, 0.5) is 0 Å². The lowest BCUT2D eigenvalue weighted by Crippen LogP contribution is -2.49. The molecule has 0 aromatic carbocycles. The third-order valence-corrected chi connectivity index (χ3v) is 3.43. The Bertz CT molecular complexity index is 424. The predicted octanol–water partition coefficient (Wildman–Crippen LogP) is 0.898. The average molecular weight is 244 g/mol. The summed E-state index contributed by atoms with van der Waals surface area (Å²) in [4.78, 5) is 12.7. The maximum absolute atomic E-state index is 10.6. The van der Waals surface area contributed by atoms with Crippen LogP contribution in [0.25, 0.3) is 0 Å². The molecule has 1 fully saturated rings. The van der Waals surface area contributed by atoms with Crippen molar-refractivity contribution in [2.45, 2.75) is 13.5 Å². The predicted molar refractivity (Wildman–Crippen MR) is 59.4 cm³/mol. The molecule has 1 saturated heterocycles. The van der Waals surface area contributed by atoms with Crippen molar-refractivity contribution in [1.82, 2.24) is 14.7 Å². The van der Waals surface area contributed by atoms with Crippen LogP contribution in [0, 0.1) is 12.8 Å². The Morgan fingerprint density at radius 3 is 2.69 bits per heavy atom. The van der Waals surface area contributed by atoms with Gasteiger partial charge in [-0.2, -0.15) is 5.10 Å². The molecule has 2 heterocycles. The molecule has 0 atom stereocenters. The second-order valence-corrected chi connectivity index (χ2v) is 4.57. The van der Waals surface area contributed by atoms with Gasteiger partial charge in [0.1, 0.15) is 5.15 Å². The number of aryl methyl sites for hydroxylation is 2. The first-order valence-electron chi connectivity index (χ1n) is 5.12. The molecule has 1 aliphatic heterocycles. The van der Waals surface area contributed by atoms with Crippen molar-refractivity contribution < 1.29 is 9.90 Å². The van der Waals surface area contributed by atoms with Crippen molar-refractivity contribution in [2.75, 3.05) is 13.1 Å². The van der Waals surface area contributed by atoms with Gasteiger partial charge in [0.25, 0.3) is 0 Å². The molecule has 0 bridgehead atoms. The molecule has 16 heavy (non-hydrogen) atoms. The van der Waals surface area contributed by atoms with E-state index in [9.17, 15) is 4.79 Å². The molecule has 0 aliphatic carbocycles. The second-order valence-electron chi connectivity index (χ2n) is 4.21. The second kappa shape index (κ2) is 4.07. The summed E-state index contributed by atoms with van der Waals surface area (Å²) >= 11 is 6.10. The van der Waals surface area contributed by atoms with Crippen LogP contribution in [0.3, 0.4) is 0 Å². The van der Waals surface area contributed by atoms with Crippen molar-refractivity contribution in [3.8, 4) is 0 Å². The number of carbonyl (C=O) groups is 1. The SMILES string of the molecule is Cc1nn(C)c(Cl)c1CN1CC(C(=O)O)C1. The lowest BCUT2D eigenvalue weighted by molar-refractivity contribution is -0.147. The summed E-state index contributed by atoms with van der Waals surface area (Å²) in [7, 11) is 1.80. The van der Waals surface area contributed by atoms with Crippen molar-refractivity contribution in [1.29, 1.82) is 0 Å². The molecule has 88 valence electrons. The minimum atomic E-state index is -0.717. The summed E-state index contributed by atoms with van der Waals surface area (Å²) < 4.78 is 1.64. The van der Waals surface area contributed by atoms with E-state index in [1.54, 1.807) is 11.7 Å². The Balaban J connectivity index is 1.99. The summed E-state index contributed by atoms with van der Waals surface area (Å²) in [6, 6.07) is 0. The number of aliphatic carboxylic acids is 1. The molecule has 5 nitrogen and oxygen atoms in total. The van der Waals surface area contributed by atoms with Gasteiger partial charge in [-0.05, 0) is 6.92 Å². The van der Waals surface area contributed by atoms with E-state index < -0.39 is 5.97 Å². The highest BCUT2D eigenvalue weighted by Crippen LogP contribution is 2.24. The lowest BCUT2D eigenvalue weighted by Gasteiger charge is -2.36. The third kappa shape index (κ3) is 1.92. The van der Waals surface area contributed by atoms with Crippen LogP contribution in [0.2, 0.25) is 5.15 Å². The fraction of sp³-hybridized carbons (Fsp3) is 0.600. The van der Waals surface area contributed by atoms with Gasteiger partial charge in [-0.15, -0.1) is 0 Å². The smallest absolute Gasteiger partial charge is 0.309 e. The van der Waals surface area contributed by atoms with Gasteiger partial charge >= 0.3 is 5.97 Å². The largest absolute Gasteiger partial charge is 0.481 e. The van der Waals surface area contributed by atoms with E-state index in [2.05, 4.69) is 10.00 Å². The highest BCUT2D eigenvalue weighted by atomic mass is 35.5. The molecular formula is C10H14ClN3O2. The van der Waals surface area contributed by atoms with E-state index in [4.69, 9.17) is 16.7 Å². The topological polar surface area (TPSA) is 58.4 Å². The van der Waals surface area contributed by atoms with Crippen LogP contribution in [0.15, 0.2) is 0 Å². The van der Waals surface area contributed by atoms with Crippen molar-refractivity contribution >= 4 is 17.6 Å². The van der Waals surface area contributed by atoms with Crippen LogP contribution in [0.5, 0.6) is 0 Å². The minimum Gasteiger partial charge on any atom is -0.481 e. The standard InChI is InChI=1S/C10H14ClN3O2/c1-6-8(9(11)13(2)12-6)5-14-3-7(4-14)10(15)16/h7H,3-5H2,1-2H3,(H,15,16). The molecule has 0 saturated carbocycles. The van der Waals surface area contributed by atoms with Gasteiger partial charge in [0.2, 0.25) is 0 Å². The van der Waals surface area contributed by atoms with E-state index in [0.717, 1.165) is 11.3 Å². The van der Waals surface area contributed by atoms with Crippen LogP contribution >= 0.6 is 11.6 Å². The number of nitrogens with zero attached hydrogens (tertiary/aromatic N) is 3. The van der Waals surface area contributed by atoms with E-state index in [-0.39, 0.29) is 5.92 Å². The number of rotatable bonds is 3. The lowest BCUT2D eigenvalue weighted by atomic mass is 10.00. The van der Waals surface area contributed by atoms with Gasteiger partial charge in [-0.25, -0.2) is 0 Å². The number of halogens is 1. The summed E-state index contributed by atoms with van der Waals surface area (Å²) in [6.45, 7) is 3.79. The van der Waals surface area contributed by atoms with Gasteiger partial charge < -0.3 is 5.11 Å². The number of carboxylic acids is 1. The fourth-order valence-electron chi connectivity index (χ4n) is 1.93. The van der Waals surface area contributed by atoms with Gasteiger partial charge in [0.05, 0.1) is 11.6 Å². The zero-order chi connectivity index (χ0) is 11.9. The highest BCUT2D eigenvalue weighted by Gasteiger charge is 2.33. The minimum absolute atomic E-state index is 0.226. The molecule has 1 N–H and O–H groups in total. The summed E-state index contributed by atoms with van der Waals surface area (Å²) in [5.41, 5.74) is 1.90. The van der Waals surface area contributed by atoms with E-state index >= 15 is 0 Å². The normalized spacial score (nSPS) is 17.4. The number of hydrogen-bond donors (Lipinski definition) is 1. The first-order chi connectivity index (χ1) is 7.49. The monoisotopic (exact) mass is 243 g/mol. The maximum Gasteiger partial charge on any atom is 0.309 e. The molecule has 1 aliphatic rings. The zero-order valence-corrected chi connectivity index (χ0v) is 10.0. The third-order valence-electron chi connectivity index (χ3n) is 2.96. The average Bonchev–Trinajstić information content (AvgIpc) is 2.35. The molecule has 0 unspecified atom stereocenters. The van der Waals surface area contributed by atoms with Crippen LogP contribution < -0.4 is 0 Å². The number of carboxylic acid groups (broad SMARTS) is 1. The number of hydrogen-bond acceptors (Lipinski definition) is 3. The van der Waals surface area contributed by atoms with E-state index in [1.165, 1.54) is 0 Å². The highest BCUT2D eigenvalue weighted by molar-refractivity contribution is 6.30. The quantitative estimate of drug-likeness (QED) is 0.857. The van der Waals surface area contributed by atoms with Gasteiger partial charge in [0.15, 0.2) is 0 Å². The van der Waals surface area contributed by atoms with Crippen molar-refractivity contribution in [3.63, 3.8) is 0 Å². The zero-order valence-electron chi connectivity index (χ0n) is 9.27. The molecule has 1 aromatic heterocycles. The Morgan fingerprint density at radius 1 is 1.62 bits per heavy atom. The van der Waals surface area contributed by atoms with Gasteiger partial charge in [-0.3, -0.25) is 14.4 Å². The van der Waals surface area contributed by atoms with Gasteiger partial charge in [0, 0.05) is 32.2 Å². The maximum atomic E-state index is 10.6. The Kier molecular flexibility index (Phi) is 2.90. The van der Waals surface area contributed by atoms with Gasteiger partial charge in [-0.1, -0.05) is 11.6 Å².